The lowest BCUT2D eigenvalue weighted by Gasteiger charge is -2.10. The molecule has 106 valence electrons. The van der Waals surface area contributed by atoms with E-state index in [4.69, 9.17) is 5.73 Å². The molecular weight excluding hydrogens is 349 g/mol. The van der Waals surface area contributed by atoms with E-state index in [2.05, 4.69) is 25.6 Å². The minimum absolute atomic E-state index is 0.0332. The predicted octanol–water partition coefficient (Wildman–Crippen LogP) is 2.67. The highest BCUT2D eigenvalue weighted by Crippen LogP contribution is 2.22. The summed E-state index contributed by atoms with van der Waals surface area (Å²) in [6.45, 7) is 1.70. The molecule has 1 aromatic carbocycles. The van der Waals surface area contributed by atoms with Crippen molar-refractivity contribution in [3.05, 3.63) is 46.3 Å². The molecular formula is C12H11BrFN3O2S. The molecule has 1 aromatic heterocycles. The lowest BCUT2D eigenvalue weighted by molar-refractivity contribution is 0.595. The molecule has 0 fully saturated rings. The second kappa shape index (κ2) is 5.37. The summed E-state index contributed by atoms with van der Waals surface area (Å²) in [5.74, 6) is -0.540. The number of nitrogen functional groups attached to an aromatic ring is 1. The number of halogens is 2. The van der Waals surface area contributed by atoms with Crippen molar-refractivity contribution in [1.29, 1.82) is 0 Å². The molecule has 8 heteroatoms. The molecule has 3 N–H and O–H groups in total. The van der Waals surface area contributed by atoms with Crippen LogP contribution in [0.25, 0.3) is 0 Å². The average molecular weight is 360 g/mol. The maximum absolute atomic E-state index is 13.2. The van der Waals surface area contributed by atoms with E-state index in [0.717, 1.165) is 16.6 Å². The lowest BCUT2D eigenvalue weighted by Crippen LogP contribution is -2.15. The van der Waals surface area contributed by atoms with Crippen molar-refractivity contribution in [1.82, 2.24) is 4.98 Å². The third-order valence-corrected chi connectivity index (χ3v) is 4.23. The fourth-order valence-corrected chi connectivity index (χ4v) is 3.16. The number of sulfonamides is 1. The number of aryl methyl sites for hydroxylation is 1. The zero-order valence-electron chi connectivity index (χ0n) is 10.4. The Balaban J connectivity index is 2.40. The molecule has 5 nitrogen and oxygen atoms in total. The van der Waals surface area contributed by atoms with Crippen LogP contribution in [-0.2, 0) is 10.0 Å². The van der Waals surface area contributed by atoms with E-state index in [9.17, 15) is 12.8 Å². The van der Waals surface area contributed by atoms with Crippen molar-refractivity contribution in [2.24, 2.45) is 0 Å². The SMILES string of the molecule is Cc1cc(Br)cnc1NS(=O)(=O)c1cc(N)cc(F)c1. The highest BCUT2D eigenvalue weighted by molar-refractivity contribution is 9.10. The predicted molar refractivity (Wildman–Crippen MR) is 78.3 cm³/mol. The molecule has 0 saturated heterocycles. The summed E-state index contributed by atoms with van der Waals surface area (Å²) in [7, 11) is -3.94. The number of aromatic nitrogens is 1. The molecule has 0 aliphatic carbocycles. The second-order valence-electron chi connectivity index (χ2n) is 4.14. The number of benzene rings is 1. The highest BCUT2D eigenvalue weighted by Gasteiger charge is 2.17. The van der Waals surface area contributed by atoms with Crippen molar-refractivity contribution in [3.8, 4) is 0 Å². The number of anilines is 2. The molecule has 0 radical (unpaired) electrons. The van der Waals surface area contributed by atoms with E-state index >= 15 is 0 Å². The van der Waals surface area contributed by atoms with Crippen molar-refractivity contribution in [3.63, 3.8) is 0 Å². The van der Waals surface area contributed by atoms with Crippen molar-refractivity contribution < 1.29 is 12.8 Å². The molecule has 0 bridgehead atoms. The largest absolute Gasteiger partial charge is 0.399 e. The molecule has 0 aliphatic heterocycles. The van der Waals surface area contributed by atoms with Gasteiger partial charge in [0.05, 0.1) is 4.90 Å². The van der Waals surface area contributed by atoms with Crippen LogP contribution in [0.5, 0.6) is 0 Å². The molecule has 2 aromatic rings. The Kier molecular flexibility index (Phi) is 3.96. The Labute approximate surface area is 124 Å². The number of rotatable bonds is 3. The van der Waals surface area contributed by atoms with Gasteiger partial charge in [-0.15, -0.1) is 0 Å². The van der Waals surface area contributed by atoms with Crippen molar-refractivity contribution in [2.45, 2.75) is 11.8 Å². The van der Waals surface area contributed by atoms with E-state index < -0.39 is 15.8 Å². The van der Waals surface area contributed by atoms with Gasteiger partial charge in [0.25, 0.3) is 10.0 Å². The molecule has 0 unspecified atom stereocenters. The standard InChI is InChI=1S/C12H11BrFN3O2S/c1-7-2-8(13)6-16-12(7)17-20(18,19)11-4-9(14)3-10(15)5-11/h2-6H,15H2,1H3,(H,16,17). The molecule has 0 spiro atoms. The summed E-state index contributed by atoms with van der Waals surface area (Å²) in [6.07, 6.45) is 1.46. The molecule has 0 aliphatic rings. The maximum atomic E-state index is 13.2. The number of nitrogens with zero attached hydrogens (tertiary/aromatic N) is 1. The summed E-state index contributed by atoms with van der Waals surface area (Å²) >= 11 is 3.23. The number of pyridine rings is 1. The Morgan fingerprint density at radius 3 is 2.60 bits per heavy atom. The third kappa shape index (κ3) is 3.26. The Bertz CT molecular complexity index is 745. The van der Waals surface area contributed by atoms with Crippen LogP contribution in [0.4, 0.5) is 15.9 Å². The number of hydrogen-bond donors (Lipinski definition) is 2. The van der Waals surface area contributed by atoms with Crippen molar-refractivity contribution >= 4 is 37.5 Å². The highest BCUT2D eigenvalue weighted by atomic mass is 79.9. The van der Waals surface area contributed by atoms with Crippen LogP contribution in [0, 0.1) is 12.7 Å². The summed E-state index contributed by atoms with van der Waals surface area (Å²) in [6, 6.07) is 4.83. The van der Waals surface area contributed by atoms with Gasteiger partial charge in [0.15, 0.2) is 0 Å². The first-order chi connectivity index (χ1) is 9.28. The number of nitrogens with two attached hydrogens (primary N) is 1. The Hall–Kier alpha value is -1.67. The van der Waals surface area contributed by atoms with Crippen LogP contribution in [-0.4, -0.2) is 13.4 Å². The summed E-state index contributed by atoms with van der Waals surface area (Å²) in [5, 5.41) is 0. The van der Waals surface area contributed by atoms with E-state index in [1.165, 1.54) is 12.3 Å². The first-order valence-corrected chi connectivity index (χ1v) is 7.76. The average Bonchev–Trinajstić information content (AvgIpc) is 2.31. The molecule has 20 heavy (non-hydrogen) atoms. The lowest BCUT2D eigenvalue weighted by atomic mass is 10.3. The third-order valence-electron chi connectivity index (χ3n) is 2.48. The minimum atomic E-state index is -3.94. The number of hydrogen-bond acceptors (Lipinski definition) is 4. The molecule has 0 atom stereocenters. The first-order valence-electron chi connectivity index (χ1n) is 5.49. The fourth-order valence-electron chi connectivity index (χ4n) is 1.57. The molecule has 0 amide bonds. The molecule has 0 saturated carbocycles. The van der Waals surface area contributed by atoms with Gasteiger partial charge in [-0.3, -0.25) is 4.72 Å². The van der Waals surface area contributed by atoms with Crippen LogP contribution in [0.3, 0.4) is 0 Å². The Morgan fingerprint density at radius 1 is 1.30 bits per heavy atom. The van der Waals surface area contributed by atoms with Crippen LogP contribution in [0.15, 0.2) is 39.8 Å². The van der Waals surface area contributed by atoms with Crippen LogP contribution in [0.1, 0.15) is 5.56 Å². The van der Waals surface area contributed by atoms with Crippen molar-refractivity contribution in [2.75, 3.05) is 10.5 Å². The van der Waals surface area contributed by atoms with Gasteiger partial charge in [-0.25, -0.2) is 17.8 Å². The quantitative estimate of drug-likeness (QED) is 0.825. The van der Waals surface area contributed by atoms with Gasteiger partial charge in [0.1, 0.15) is 11.6 Å². The van der Waals surface area contributed by atoms with Gasteiger partial charge in [-0.05, 0) is 52.7 Å². The smallest absolute Gasteiger partial charge is 0.263 e. The summed E-state index contributed by atoms with van der Waals surface area (Å²) < 4.78 is 40.6. The van der Waals surface area contributed by atoms with Crippen LogP contribution < -0.4 is 10.5 Å². The van der Waals surface area contributed by atoms with Crippen LogP contribution >= 0.6 is 15.9 Å². The molecule has 2 rings (SSSR count). The van der Waals surface area contributed by atoms with E-state index in [1.807, 2.05) is 0 Å². The Morgan fingerprint density at radius 2 is 2.00 bits per heavy atom. The topological polar surface area (TPSA) is 85.1 Å². The van der Waals surface area contributed by atoms with Gasteiger partial charge >= 0.3 is 0 Å². The fraction of sp³-hybridized carbons (Fsp3) is 0.0833. The van der Waals surface area contributed by atoms with Gasteiger partial charge in [-0.1, -0.05) is 0 Å². The maximum Gasteiger partial charge on any atom is 0.263 e. The van der Waals surface area contributed by atoms with Gasteiger partial charge in [0, 0.05) is 16.4 Å². The normalized spacial score (nSPS) is 11.3. The molecule has 1 heterocycles. The minimum Gasteiger partial charge on any atom is -0.399 e. The summed E-state index contributed by atoms with van der Waals surface area (Å²) in [4.78, 5) is 3.72. The second-order valence-corrected chi connectivity index (χ2v) is 6.74. The van der Waals surface area contributed by atoms with E-state index in [0.29, 0.717) is 5.56 Å². The van der Waals surface area contributed by atoms with E-state index in [1.54, 1.807) is 13.0 Å². The van der Waals surface area contributed by atoms with E-state index in [-0.39, 0.29) is 16.4 Å². The monoisotopic (exact) mass is 359 g/mol. The first kappa shape index (κ1) is 14.7. The van der Waals surface area contributed by atoms with Gasteiger partial charge < -0.3 is 5.73 Å². The number of nitrogens with one attached hydrogen (secondary N) is 1. The zero-order chi connectivity index (χ0) is 14.9. The van der Waals surface area contributed by atoms with Gasteiger partial charge in [-0.2, -0.15) is 0 Å². The van der Waals surface area contributed by atoms with Gasteiger partial charge in [0.2, 0.25) is 0 Å². The zero-order valence-corrected chi connectivity index (χ0v) is 12.8. The summed E-state index contributed by atoms with van der Waals surface area (Å²) in [5.41, 5.74) is 6.11. The van der Waals surface area contributed by atoms with Crippen LogP contribution in [0.2, 0.25) is 0 Å².